The minimum absolute atomic E-state index is 0.352. The summed E-state index contributed by atoms with van der Waals surface area (Å²) in [6, 6.07) is 1.28. The number of unbranched alkanes of at least 4 members (excludes halogenated alkanes) is 3. The molecule has 0 atom stereocenters. The summed E-state index contributed by atoms with van der Waals surface area (Å²) >= 11 is 0. The van der Waals surface area contributed by atoms with Crippen LogP contribution in [0.15, 0.2) is 15.7 Å². The summed E-state index contributed by atoms with van der Waals surface area (Å²) < 4.78 is 1.44. The van der Waals surface area contributed by atoms with E-state index in [2.05, 4.69) is 17.8 Å². The van der Waals surface area contributed by atoms with Crippen molar-refractivity contribution in [1.82, 2.24) is 9.55 Å². The standard InChI is InChI=1S/C12H16N2O2/c1-3-5-6-7-8-14-10(4-2)9-11(15)13-12(14)16/h2,9H,3,5-8H2,1H3,(H,13,15,16). The highest BCUT2D eigenvalue weighted by atomic mass is 16.2. The monoisotopic (exact) mass is 220 g/mol. The molecule has 1 heterocycles. The number of nitrogens with zero attached hydrogens (tertiary/aromatic N) is 1. The molecule has 0 aromatic carbocycles. The molecule has 1 N–H and O–H groups in total. The van der Waals surface area contributed by atoms with Gasteiger partial charge in [-0.15, -0.1) is 6.42 Å². The van der Waals surface area contributed by atoms with Crippen molar-refractivity contribution in [2.75, 3.05) is 0 Å². The number of H-pyrrole nitrogens is 1. The van der Waals surface area contributed by atoms with Crippen molar-refractivity contribution in [3.63, 3.8) is 0 Å². The molecule has 1 aromatic rings. The van der Waals surface area contributed by atoms with Crippen molar-refractivity contribution in [1.29, 1.82) is 0 Å². The molecule has 86 valence electrons. The highest BCUT2D eigenvalue weighted by Crippen LogP contribution is 2.01. The van der Waals surface area contributed by atoms with E-state index in [9.17, 15) is 9.59 Å². The predicted octanol–water partition coefficient (Wildman–Crippen LogP) is 1.10. The van der Waals surface area contributed by atoms with E-state index >= 15 is 0 Å². The number of rotatable bonds is 5. The largest absolute Gasteiger partial charge is 0.329 e. The summed E-state index contributed by atoms with van der Waals surface area (Å²) in [4.78, 5) is 24.7. The Bertz CT molecular complexity index is 491. The average Bonchev–Trinajstić information content (AvgIpc) is 2.26. The van der Waals surface area contributed by atoms with Gasteiger partial charge in [0, 0.05) is 12.6 Å². The summed E-state index contributed by atoms with van der Waals surface area (Å²) in [6.45, 7) is 2.69. The molecule has 0 amide bonds. The van der Waals surface area contributed by atoms with Gasteiger partial charge >= 0.3 is 5.69 Å². The van der Waals surface area contributed by atoms with E-state index in [4.69, 9.17) is 6.42 Å². The van der Waals surface area contributed by atoms with Crippen LogP contribution in [-0.2, 0) is 6.54 Å². The molecule has 0 radical (unpaired) electrons. The maximum absolute atomic E-state index is 11.5. The zero-order valence-corrected chi connectivity index (χ0v) is 9.45. The van der Waals surface area contributed by atoms with E-state index in [0.29, 0.717) is 12.2 Å². The third kappa shape index (κ3) is 3.13. The molecule has 0 saturated heterocycles. The van der Waals surface area contributed by atoms with Gasteiger partial charge in [0.05, 0.1) is 0 Å². The Morgan fingerprint density at radius 1 is 1.38 bits per heavy atom. The van der Waals surface area contributed by atoms with Gasteiger partial charge in [-0.25, -0.2) is 4.79 Å². The third-order valence-corrected chi connectivity index (χ3v) is 2.42. The van der Waals surface area contributed by atoms with Crippen LogP contribution in [0, 0.1) is 12.3 Å². The van der Waals surface area contributed by atoms with E-state index in [1.54, 1.807) is 0 Å². The second kappa shape index (κ2) is 5.96. The molecule has 1 aromatic heterocycles. The molecule has 0 bridgehead atoms. The molecule has 0 aliphatic carbocycles. The fraction of sp³-hybridized carbons (Fsp3) is 0.500. The Morgan fingerprint density at radius 2 is 2.12 bits per heavy atom. The third-order valence-electron chi connectivity index (χ3n) is 2.42. The Morgan fingerprint density at radius 3 is 2.75 bits per heavy atom. The number of aromatic nitrogens is 2. The van der Waals surface area contributed by atoms with Gasteiger partial charge in [0.25, 0.3) is 5.56 Å². The number of hydrogen-bond acceptors (Lipinski definition) is 2. The van der Waals surface area contributed by atoms with Crippen molar-refractivity contribution >= 4 is 0 Å². The maximum atomic E-state index is 11.5. The second-order valence-corrected chi connectivity index (χ2v) is 3.68. The van der Waals surface area contributed by atoms with Crippen molar-refractivity contribution in [2.45, 2.75) is 39.2 Å². The molecule has 4 nitrogen and oxygen atoms in total. The molecular weight excluding hydrogens is 204 g/mol. The zero-order valence-electron chi connectivity index (χ0n) is 9.45. The van der Waals surface area contributed by atoms with Crippen LogP contribution in [0.2, 0.25) is 0 Å². The van der Waals surface area contributed by atoms with Crippen LogP contribution in [0.1, 0.15) is 38.3 Å². The molecule has 0 spiro atoms. The molecule has 16 heavy (non-hydrogen) atoms. The predicted molar refractivity (Wildman–Crippen MR) is 63.4 cm³/mol. The molecule has 1 rings (SSSR count). The smallest absolute Gasteiger partial charge is 0.286 e. The molecule has 0 unspecified atom stereocenters. The van der Waals surface area contributed by atoms with Crippen molar-refractivity contribution in [2.24, 2.45) is 0 Å². The minimum atomic E-state index is -0.442. The van der Waals surface area contributed by atoms with Gasteiger partial charge in [-0.1, -0.05) is 32.1 Å². The first-order valence-electron chi connectivity index (χ1n) is 5.49. The van der Waals surface area contributed by atoms with E-state index in [1.807, 2.05) is 0 Å². The summed E-state index contributed by atoms with van der Waals surface area (Å²) in [5, 5.41) is 0. The number of terminal acetylenes is 1. The Kier molecular flexibility index (Phi) is 4.59. The topological polar surface area (TPSA) is 54.9 Å². The normalized spacial score (nSPS) is 10.0. The van der Waals surface area contributed by atoms with Gasteiger partial charge in [0.1, 0.15) is 5.69 Å². The molecule has 0 aliphatic heterocycles. The lowest BCUT2D eigenvalue weighted by molar-refractivity contribution is 0.556. The van der Waals surface area contributed by atoms with Crippen LogP contribution in [-0.4, -0.2) is 9.55 Å². The quantitative estimate of drug-likeness (QED) is 0.596. The van der Waals surface area contributed by atoms with Crippen molar-refractivity contribution in [3.8, 4) is 12.3 Å². The van der Waals surface area contributed by atoms with Crippen LogP contribution in [0.3, 0.4) is 0 Å². The lowest BCUT2D eigenvalue weighted by Crippen LogP contribution is -2.31. The fourth-order valence-corrected chi connectivity index (χ4v) is 1.56. The summed E-state index contributed by atoms with van der Waals surface area (Å²) in [7, 11) is 0. The first kappa shape index (κ1) is 12.3. The minimum Gasteiger partial charge on any atom is -0.286 e. The van der Waals surface area contributed by atoms with Crippen molar-refractivity contribution < 1.29 is 0 Å². The number of nitrogens with one attached hydrogen (secondary N) is 1. The first-order valence-corrected chi connectivity index (χ1v) is 5.49. The SMILES string of the molecule is C#Cc1cc(=O)[nH]c(=O)n1CCCCCC. The lowest BCUT2D eigenvalue weighted by atomic mass is 10.2. The van der Waals surface area contributed by atoms with Gasteiger partial charge in [-0.05, 0) is 6.42 Å². The molecular formula is C12H16N2O2. The summed E-state index contributed by atoms with van der Waals surface area (Å²) in [5.41, 5.74) is -0.509. The maximum Gasteiger partial charge on any atom is 0.329 e. The Balaban J connectivity index is 2.83. The highest BCUT2D eigenvalue weighted by Gasteiger charge is 2.02. The second-order valence-electron chi connectivity index (χ2n) is 3.68. The van der Waals surface area contributed by atoms with Gasteiger partial charge in [-0.2, -0.15) is 0 Å². The summed E-state index contributed by atoms with van der Waals surface area (Å²) in [6.07, 6.45) is 9.50. The molecule has 4 heteroatoms. The van der Waals surface area contributed by atoms with Crippen LogP contribution in [0.25, 0.3) is 0 Å². The van der Waals surface area contributed by atoms with E-state index in [0.717, 1.165) is 25.7 Å². The lowest BCUT2D eigenvalue weighted by Gasteiger charge is -2.07. The Hall–Kier alpha value is -1.76. The molecule has 0 aliphatic rings. The van der Waals surface area contributed by atoms with Crippen LogP contribution in [0.4, 0.5) is 0 Å². The van der Waals surface area contributed by atoms with Gasteiger partial charge in [0.15, 0.2) is 0 Å². The highest BCUT2D eigenvalue weighted by molar-refractivity contribution is 5.23. The number of aromatic amines is 1. The first-order chi connectivity index (χ1) is 7.69. The van der Waals surface area contributed by atoms with Crippen LogP contribution < -0.4 is 11.2 Å². The van der Waals surface area contributed by atoms with Crippen LogP contribution in [0.5, 0.6) is 0 Å². The van der Waals surface area contributed by atoms with E-state index in [1.165, 1.54) is 10.6 Å². The number of hydrogen-bond donors (Lipinski definition) is 1. The van der Waals surface area contributed by atoms with E-state index < -0.39 is 11.2 Å². The van der Waals surface area contributed by atoms with Gasteiger partial charge < -0.3 is 0 Å². The Labute approximate surface area is 94.3 Å². The zero-order chi connectivity index (χ0) is 12.0. The fourth-order valence-electron chi connectivity index (χ4n) is 1.56. The average molecular weight is 220 g/mol. The van der Waals surface area contributed by atoms with E-state index in [-0.39, 0.29) is 0 Å². The molecule has 0 saturated carbocycles. The van der Waals surface area contributed by atoms with Crippen molar-refractivity contribution in [3.05, 3.63) is 32.6 Å². The van der Waals surface area contributed by atoms with Crippen LogP contribution >= 0.6 is 0 Å². The van der Waals surface area contributed by atoms with Gasteiger partial charge in [0.2, 0.25) is 0 Å². The van der Waals surface area contributed by atoms with Gasteiger partial charge in [-0.3, -0.25) is 14.3 Å². The summed E-state index contributed by atoms with van der Waals surface area (Å²) in [5.74, 6) is 2.36. The molecule has 0 fully saturated rings.